The Morgan fingerprint density at radius 2 is 2.25 bits per heavy atom. The Morgan fingerprint density at radius 1 is 1.40 bits per heavy atom. The number of hydrogen-bond donors (Lipinski definition) is 1. The van der Waals surface area contributed by atoms with Crippen molar-refractivity contribution in [3.05, 3.63) is 29.2 Å². The highest BCUT2D eigenvalue weighted by atomic mass is 35.5. The first-order chi connectivity index (χ1) is 9.63. The van der Waals surface area contributed by atoms with Crippen LogP contribution in [0.2, 0.25) is 5.02 Å². The first-order valence-electron chi connectivity index (χ1n) is 5.97. The third-order valence-electron chi connectivity index (χ3n) is 2.97. The zero-order chi connectivity index (χ0) is 14.1. The molecule has 3 rings (SSSR count). The highest BCUT2D eigenvalue weighted by molar-refractivity contribution is 6.30. The smallest absolute Gasteiger partial charge is 0.332 e. The summed E-state index contributed by atoms with van der Waals surface area (Å²) in [5.41, 5.74) is 0.525. The molecule has 2 aromatic rings. The number of pyridine rings is 1. The highest BCUT2D eigenvalue weighted by Gasteiger charge is 2.34. The summed E-state index contributed by atoms with van der Waals surface area (Å²) in [5, 5.41) is 13.2. The summed E-state index contributed by atoms with van der Waals surface area (Å²) in [6.07, 6.45) is 1.15. The molecule has 0 radical (unpaired) electrons. The number of aliphatic carboxylic acids is 1. The predicted molar refractivity (Wildman–Crippen MR) is 67.0 cm³/mol. The molecular weight excluding hydrogens is 286 g/mol. The molecule has 0 amide bonds. The lowest BCUT2D eigenvalue weighted by Crippen LogP contribution is -2.18. The lowest BCUT2D eigenvalue weighted by atomic mass is 10.2. The van der Waals surface area contributed by atoms with Crippen LogP contribution in [0.1, 0.15) is 24.8 Å². The van der Waals surface area contributed by atoms with Crippen LogP contribution in [0.4, 0.5) is 0 Å². The standard InChI is InChI=1S/C12H10ClN3O4/c13-6-1-2-7(14-5-6)10-15-11(20-16-10)8-3-4-9(19-8)12(17)18/h1-2,5,8-9H,3-4H2,(H,17,18). The molecule has 20 heavy (non-hydrogen) atoms. The van der Waals surface area contributed by atoms with Crippen molar-refractivity contribution in [2.75, 3.05) is 0 Å². The minimum atomic E-state index is -0.980. The summed E-state index contributed by atoms with van der Waals surface area (Å²) in [6.45, 7) is 0. The molecule has 0 aromatic carbocycles. The molecule has 7 nitrogen and oxygen atoms in total. The number of halogens is 1. The van der Waals surface area contributed by atoms with E-state index < -0.39 is 18.2 Å². The summed E-state index contributed by atoms with van der Waals surface area (Å²) in [5.74, 6) is -0.397. The Hall–Kier alpha value is -1.99. The third-order valence-corrected chi connectivity index (χ3v) is 3.19. The quantitative estimate of drug-likeness (QED) is 0.925. The van der Waals surface area contributed by atoms with E-state index in [1.807, 2.05) is 0 Å². The van der Waals surface area contributed by atoms with E-state index >= 15 is 0 Å². The molecule has 2 aromatic heterocycles. The van der Waals surface area contributed by atoms with E-state index in [9.17, 15) is 4.79 Å². The van der Waals surface area contributed by atoms with Crippen LogP contribution in [0.15, 0.2) is 22.9 Å². The molecule has 3 heterocycles. The average molecular weight is 296 g/mol. The van der Waals surface area contributed by atoms with Crippen molar-refractivity contribution in [2.45, 2.75) is 25.0 Å². The number of carboxylic acid groups (broad SMARTS) is 1. The number of aromatic nitrogens is 3. The Bertz CT molecular complexity index is 628. The van der Waals surface area contributed by atoms with E-state index in [0.717, 1.165) is 0 Å². The number of ether oxygens (including phenoxy) is 1. The van der Waals surface area contributed by atoms with Crippen molar-refractivity contribution in [2.24, 2.45) is 0 Å². The molecule has 1 fully saturated rings. The lowest BCUT2D eigenvalue weighted by molar-refractivity contribution is -0.150. The number of carbonyl (C=O) groups is 1. The van der Waals surface area contributed by atoms with Gasteiger partial charge in [0.25, 0.3) is 5.89 Å². The van der Waals surface area contributed by atoms with Crippen molar-refractivity contribution in [3.63, 3.8) is 0 Å². The van der Waals surface area contributed by atoms with Crippen molar-refractivity contribution >= 4 is 17.6 Å². The first kappa shape index (κ1) is 13.0. The van der Waals surface area contributed by atoms with Gasteiger partial charge in [0.15, 0.2) is 6.10 Å². The minimum absolute atomic E-state index is 0.264. The number of hydrogen-bond acceptors (Lipinski definition) is 6. The number of nitrogens with zero attached hydrogens (tertiary/aromatic N) is 3. The lowest BCUT2D eigenvalue weighted by Gasteiger charge is -2.05. The molecule has 1 N–H and O–H groups in total. The molecule has 0 bridgehead atoms. The van der Waals surface area contributed by atoms with E-state index in [4.69, 9.17) is 26.0 Å². The monoisotopic (exact) mass is 295 g/mol. The molecule has 104 valence electrons. The summed E-state index contributed by atoms with van der Waals surface area (Å²) in [7, 11) is 0. The fraction of sp³-hybridized carbons (Fsp3) is 0.333. The zero-order valence-corrected chi connectivity index (χ0v) is 10.9. The van der Waals surface area contributed by atoms with Crippen LogP contribution in [-0.2, 0) is 9.53 Å². The Morgan fingerprint density at radius 3 is 2.90 bits per heavy atom. The maximum atomic E-state index is 10.8. The van der Waals surface area contributed by atoms with E-state index in [1.54, 1.807) is 12.1 Å². The summed E-state index contributed by atoms with van der Waals surface area (Å²) >= 11 is 5.75. The largest absolute Gasteiger partial charge is 0.479 e. The van der Waals surface area contributed by atoms with Gasteiger partial charge in [-0.1, -0.05) is 16.8 Å². The van der Waals surface area contributed by atoms with Gasteiger partial charge in [-0.2, -0.15) is 4.98 Å². The molecule has 0 spiro atoms. The number of carboxylic acids is 1. The Kier molecular flexibility index (Phi) is 3.37. The van der Waals surface area contributed by atoms with Crippen LogP contribution < -0.4 is 0 Å². The van der Waals surface area contributed by atoms with Gasteiger partial charge in [0.2, 0.25) is 5.82 Å². The van der Waals surface area contributed by atoms with Crippen molar-refractivity contribution in [1.29, 1.82) is 0 Å². The zero-order valence-electron chi connectivity index (χ0n) is 10.2. The van der Waals surface area contributed by atoms with Gasteiger partial charge in [-0.15, -0.1) is 0 Å². The van der Waals surface area contributed by atoms with Gasteiger partial charge in [0.1, 0.15) is 11.8 Å². The minimum Gasteiger partial charge on any atom is -0.479 e. The van der Waals surface area contributed by atoms with E-state index in [1.165, 1.54) is 6.20 Å². The normalized spacial score (nSPS) is 22.1. The first-order valence-corrected chi connectivity index (χ1v) is 6.35. The maximum absolute atomic E-state index is 10.8. The molecule has 0 aliphatic carbocycles. The maximum Gasteiger partial charge on any atom is 0.332 e. The average Bonchev–Trinajstić information content (AvgIpc) is 3.08. The van der Waals surface area contributed by atoms with Crippen LogP contribution in [-0.4, -0.2) is 32.3 Å². The van der Waals surface area contributed by atoms with Crippen LogP contribution in [0, 0.1) is 0 Å². The van der Waals surface area contributed by atoms with E-state index in [2.05, 4.69) is 15.1 Å². The van der Waals surface area contributed by atoms with Crippen LogP contribution in [0.25, 0.3) is 11.5 Å². The SMILES string of the molecule is O=C(O)C1CCC(c2nc(-c3ccc(Cl)cn3)no2)O1. The molecule has 1 saturated heterocycles. The summed E-state index contributed by atoms with van der Waals surface area (Å²) < 4.78 is 10.4. The van der Waals surface area contributed by atoms with Crippen molar-refractivity contribution in [3.8, 4) is 11.5 Å². The van der Waals surface area contributed by atoms with Gasteiger partial charge in [0.05, 0.1) is 5.02 Å². The fourth-order valence-corrected chi connectivity index (χ4v) is 2.09. The van der Waals surface area contributed by atoms with Crippen molar-refractivity contribution < 1.29 is 19.2 Å². The summed E-state index contributed by atoms with van der Waals surface area (Å²) in [6, 6.07) is 3.35. The van der Waals surface area contributed by atoms with Crippen LogP contribution in [0.3, 0.4) is 0 Å². The predicted octanol–water partition coefficient (Wildman–Crippen LogP) is 2.09. The second kappa shape index (κ2) is 5.18. The van der Waals surface area contributed by atoms with Gasteiger partial charge in [-0.25, -0.2) is 4.79 Å². The van der Waals surface area contributed by atoms with Gasteiger partial charge in [-0.05, 0) is 25.0 Å². The molecule has 1 aliphatic rings. The van der Waals surface area contributed by atoms with Gasteiger partial charge in [0, 0.05) is 6.20 Å². The van der Waals surface area contributed by atoms with E-state index in [-0.39, 0.29) is 5.89 Å². The van der Waals surface area contributed by atoms with Gasteiger partial charge in [-0.3, -0.25) is 4.98 Å². The molecular formula is C12H10ClN3O4. The molecule has 1 aliphatic heterocycles. The molecule has 2 atom stereocenters. The van der Waals surface area contributed by atoms with Crippen LogP contribution >= 0.6 is 11.6 Å². The second-order valence-corrected chi connectivity index (χ2v) is 4.78. The number of rotatable bonds is 3. The van der Waals surface area contributed by atoms with Gasteiger partial charge >= 0.3 is 5.97 Å². The van der Waals surface area contributed by atoms with E-state index in [0.29, 0.717) is 29.4 Å². The molecule has 8 heteroatoms. The van der Waals surface area contributed by atoms with Gasteiger partial charge < -0.3 is 14.4 Å². The Balaban J connectivity index is 1.77. The topological polar surface area (TPSA) is 98.3 Å². The second-order valence-electron chi connectivity index (χ2n) is 4.35. The fourth-order valence-electron chi connectivity index (χ4n) is 1.98. The molecule has 2 unspecified atom stereocenters. The Labute approximate surface area is 118 Å². The third kappa shape index (κ3) is 2.50. The highest BCUT2D eigenvalue weighted by Crippen LogP contribution is 2.32. The van der Waals surface area contributed by atoms with Crippen molar-refractivity contribution in [1.82, 2.24) is 15.1 Å². The van der Waals surface area contributed by atoms with Crippen LogP contribution in [0.5, 0.6) is 0 Å². The molecule has 0 saturated carbocycles. The summed E-state index contributed by atoms with van der Waals surface area (Å²) in [4.78, 5) is 19.1.